The van der Waals surface area contributed by atoms with Gasteiger partial charge in [0.05, 0.1) is 25.4 Å². The molecule has 0 aromatic carbocycles. The summed E-state index contributed by atoms with van der Waals surface area (Å²) >= 11 is 0. The van der Waals surface area contributed by atoms with Crippen LogP contribution in [0.1, 0.15) is 39.4 Å². The number of hydrogen-bond donors (Lipinski definition) is 1. The molecule has 1 aliphatic rings. The van der Waals surface area contributed by atoms with Gasteiger partial charge in [-0.25, -0.2) is 0 Å². The summed E-state index contributed by atoms with van der Waals surface area (Å²) in [5.74, 6) is 0.168. The van der Waals surface area contributed by atoms with E-state index < -0.39 is 6.04 Å². The minimum atomic E-state index is -0.514. The summed E-state index contributed by atoms with van der Waals surface area (Å²) in [5.41, 5.74) is 0.486. The molecule has 32 heavy (non-hydrogen) atoms. The number of likely N-dealkylation sites (N-methyl/N-ethyl adjacent to an activating group) is 2. The van der Waals surface area contributed by atoms with E-state index in [1.807, 2.05) is 19.9 Å². The fraction of sp³-hybridized carbons (Fsp3) is 0.565. The van der Waals surface area contributed by atoms with Crippen molar-refractivity contribution in [2.75, 3.05) is 27.2 Å². The molecular weight excluding hydrogens is 412 g/mol. The van der Waals surface area contributed by atoms with Crippen molar-refractivity contribution in [1.82, 2.24) is 20.0 Å². The lowest BCUT2D eigenvalue weighted by Crippen LogP contribution is -2.47. The first kappa shape index (κ1) is 25.2. The number of carbonyl (C=O) groups is 4. The molecule has 1 aliphatic heterocycles. The second kappa shape index (κ2) is 11.5. The van der Waals surface area contributed by atoms with Gasteiger partial charge in [-0.15, -0.1) is 0 Å². The Morgan fingerprint density at radius 2 is 2.03 bits per heavy atom. The van der Waals surface area contributed by atoms with E-state index in [0.29, 0.717) is 37.3 Å². The minimum absolute atomic E-state index is 0.0540. The van der Waals surface area contributed by atoms with E-state index in [4.69, 9.17) is 4.42 Å². The van der Waals surface area contributed by atoms with E-state index in [1.165, 1.54) is 4.90 Å². The normalized spacial score (nSPS) is 17.2. The summed E-state index contributed by atoms with van der Waals surface area (Å²) in [4.78, 5) is 53.8. The smallest absolute Gasteiger partial charge is 0.249 e. The second-order valence-corrected chi connectivity index (χ2v) is 8.52. The van der Waals surface area contributed by atoms with Crippen molar-refractivity contribution in [2.45, 2.75) is 52.2 Å². The number of hydrogen-bond acceptors (Lipinski definition) is 5. The fourth-order valence-corrected chi connectivity index (χ4v) is 3.96. The first-order chi connectivity index (χ1) is 15.2. The number of likely N-dealkylation sites (tertiary alicyclic amines) is 1. The van der Waals surface area contributed by atoms with Crippen molar-refractivity contribution in [3.8, 4) is 0 Å². The maximum absolute atomic E-state index is 13.2. The molecule has 2 atom stereocenters. The first-order valence-corrected chi connectivity index (χ1v) is 10.9. The Kier molecular flexibility index (Phi) is 9.04. The number of amides is 4. The average Bonchev–Trinajstić information content (AvgIpc) is 3.45. The number of furan rings is 1. The van der Waals surface area contributed by atoms with Gasteiger partial charge in [-0.1, -0.05) is 19.9 Å². The maximum Gasteiger partial charge on any atom is 0.249 e. The molecule has 2 heterocycles. The van der Waals surface area contributed by atoms with Crippen molar-refractivity contribution in [3.05, 3.63) is 35.8 Å². The zero-order valence-electron chi connectivity index (χ0n) is 19.5. The number of carbonyl (C=O) groups excluding carboxylic acids is 4. The van der Waals surface area contributed by atoms with Crippen molar-refractivity contribution >= 4 is 24.1 Å². The predicted octanol–water partition coefficient (Wildman–Crippen LogP) is 1.40. The number of nitrogens with zero attached hydrogens (tertiary/aromatic N) is 3. The monoisotopic (exact) mass is 446 g/mol. The minimum Gasteiger partial charge on any atom is -0.467 e. The quantitative estimate of drug-likeness (QED) is 0.432. The maximum atomic E-state index is 13.2. The highest BCUT2D eigenvalue weighted by atomic mass is 16.3. The first-order valence-electron chi connectivity index (χ1n) is 10.9. The molecule has 1 fully saturated rings. The largest absolute Gasteiger partial charge is 0.467 e. The van der Waals surface area contributed by atoms with Gasteiger partial charge in [0, 0.05) is 26.2 Å². The average molecular weight is 447 g/mol. The highest BCUT2D eigenvalue weighted by Crippen LogP contribution is 2.23. The third-order valence-corrected chi connectivity index (χ3v) is 5.77. The van der Waals surface area contributed by atoms with Crippen LogP contribution in [0.4, 0.5) is 0 Å². The van der Waals surface area contributed by atoms with Crippen LogP contribution in [0.25, 0.3) is 0 Å². The van der Waals surface area contributed by atoms with Crippen LogP contribution in [0.15, 0.2) is 34.5 Å². The fourth-order valence-electron chi connectivity index (χ4n) is 3.96. The van der Waals surface area contributed by atoms with Crippen LogP contribution in [0.3, 0.4) is 0 Å². The van der Waals surface area contributed by atoms with Gasteiger partial charge in [0.1, 0.15) is 11.8 Å². The molecule has 0 bridgehead atoms. The molecule has 0 spiro atoms. The lowest BCUT2D eigenvalue weighted by atomic mass is 9.99. The van der Waals surface area contributed by atoms with Gasteiger partial charge in [0.2, 0.25) is 24.1 Å². The van der Waals surface area contributed by atoms with Gasteiger partial charge < -0.3 is 24.4 Å². The molecular formula is C23H34N4O5. The lowest BCUT2D eigenvalue weighted by molar-refractivity contribution is -0.141. The van der Waals surface area contributed by atoms with E-state index in [-0.39, 0.29) is 36.2 Å². The molecule has 0 unspecified atom stereocenters. The molecule has 1 aromatic heterocycles. The zero-order valence-corrected chi connectivity index (χ0v) is 19.5. The Morgan fingerprint density at radius 3 is 2.62 bits per heavy atom. The van der Waals surface area contributed by atoms with E-state index in [2.05, 4.69) is 5.32 Å². The summed E-state index contributed by atoms with van der Waals surface area (Å²) in [6.45, 7) is 6.39. The van der Waals surface area contributed by atoms with Crippen LogP contribution >= 0.6 is 0 Å². The molecule has 0 saturated carbocycles. The van der Waals surface area contributed by atoms with Crippen LogP contribution in [-0.4, -0.2) is 78.1 Å². The standard InChI is InChI=1S/C23H34N4O5/c1-16(2)20(26(5)21(29)13-24-15-28)12-17(3)22(30)27-10-6-9-19(27)23(31)25(4)14-18-8-7-11-32-18/h7-8,11-12,15-16,19-20H,6,9-10,13-14H2,1-5H3,(H,24,28)/b17-12+/t19-,20+/m0/s1. The van der Waals surface area contributed by atoms with Gasteiger partial charge in [0.15, 0.2) is 0 Å². The third kappa shape index (κ3) is 6.21. The summed E-state index contributed by atoms with van der Waals surface area (Å²) in [6, 6.07) is 2.75. The Balaban J connectivity index is 2.12. The zero-order chi connectivity index (χ0) is 23.8. The van der Waals surface area contributed by atoms with Crippen LogP contribution in [0.5, 0.6) is 0 Å². The van der Waals surface area contributed by atoms with Gasteiger partial charge in [-0.2, -0.15) is 0 Å². The Hall–Kier alpha value is -3.10. The summed E-state index contributed by atoms with van der Waals surface area (Å²) in [6.07, 6.45) is 5.19. The lowest BCUT2D eigenvalue weighted by Gasteiger charge is -2.31. The molecule has 0 radical (unpaired) electrons. The summed E-state index contributed by atoms with van der Waals surface area (Å²) in [7, 11) is 3.36. The van der Waals surface area contributed by atoms with Crippen LogP contribution in [-0.2, 0) is 25.7 Å². The molecule has 1 aromatic rings. The Bertz CT molecular complexity index is 833. The van der Waals surface area contributed by atoms with Crippen molar-refractivity contribution in [2.24, 2.45) is 5.92 Å². The van der Waals surface area contributed by atoms with Gasteiger partial charge in [-0.05, 0) is 37.8 Å². The highest BCUT2D eigenvalue weighted by Gasteiger charge is 2.36. The van der Waals surface area contributed by atoms with Crippen LogP contribution in [0, 0.1) is 5.92 Å². The third-order valence-electron chi connectivity index (χ3n) is 5.77. The van der Waals surface area contributed by atoms with Crippen molar-refractivity contribution < 1.29 is 23.6 Å². The van der Waals surface area contributed by atoms with Crippen molar-refractivity contribution in [3.63, 3.8) is 0 Å². The molecule has 1 N–H and O–H groups in total. The molecule has 1 saturated heterocycles. The van der Waals surface area contributed by atoms with Crippen LogP contribution < -0.4 is 5.32 Å². The van der Waals surface area contributed by atoms with Gasteiger partial charge in [0.25, 0.3) is 0 Å². The van der Waals surface area contributed by atoms with Crippen molar-refractivity contribution in [1.29, 1.82) is 0 Å². The molecule has 2 rings (SSSR count). The molecule has 176 valence electrons. The highest BCUT2D eigenvalue weighted by molar-refractivity contribution is 5.97. The summed E-state index contributed by atoms with van der Waals surface area (Å²) < 4.78 is 5.32. The van der Waals surface area contributed by atoms with E-state index in [0.717, 1.165) is 6.42 Å². The van der Waals surface area contributed by atoms with E-state index in [1.54, 1.807) is 49.2 Å². The van der Waals surface area contributed by atoms with Crippen LogP contribution in [0.2, 0.25) is 0 Å². The Morgan fingerprint density at radius 1 is 1.31 bits per heavy atom. The number of rotatable bonds is 10. The SMILES string of the molecule is C/C(=C\[C@H](C(C)C)N(C)C(=O)CNC=O)C(=O)N1CCC[C@H]1C(=O)N(C)Cc1ccco1. The van der Waals surface area contributed by atoms with E-state index in [9.17, 15) is 19.2 Å². The topological polar surface area (TPSA) is 103 Å². The molecule has 9 nitrogen and oxygen atoms in total. The molecule has 4 amide bonds. The molecule has 9 heteroatoms. The summed E-state index contributed by atoms with van der Waals surface area (Å²) in [5, 5.41) is 2.37. The van der Waals surface area contributed by atoms with Gasteiger partial charge >= 0.3 is 0 Å². The van der Waals surface area contributed by atoms with Gasteiger partial charge in [-0.3, -0.25) is 19.2 Å². The number of nitrogens with one attached hydrogen (secondary N) is 1. The predicted molar refractivity (Wildman–Crippen MR) is 119 cm³/mol. The Labute approximate surface area is 189 Å². The van der Waals surface area contributed by atoms with E-state index >= 15 is 0 Å². The second-order valence-electron chi connectivity index (χ2n) is 8.52. The molecule has 0 aliphatic carbocycles.